The molecule has 3 rings (SSSR count). The summed E-state index contributed by atoms with van der Waals surface area (Å²) in [4.78, 5) is 25.8. The number of rotatable bonds is 4. The van der Waals surface area contributed by atoms with Crippen molar-refractivity contribution in [2.45, 2.75) is 38.5 Å². The van der Waals surface area contributed by atoms with Gasteiger partial charge in [-0.1, -0.05) is 6.42 Å². The van der Waals surface area contributed by atoms with Gasteiger partial charge in [-0.05, 0) is 51.1 Å². The molecule has 0 radical (unpaired) electrons. The summed E-state index contributed by atoms with van der Waals surface area (Å²) in [6.45, 7) is 2.88. The molecule has 1 aliphatic carbocycles. The molecule has 100 valence electrons. The van der Waals surface area contributed by atoms with E-state index >= 15 is 0 Å². The lowest BCUT2D eigenvalue weighted by Crippen LogP contribution is -2.33. The maximum absolute atomic E-state index is 12.1. The molecule has 3 aliphatic rings. The third-order valence-corrected chi connectivity index (χ3v) is 4.84. The lowest BCUT2D eigenvalue weighted by Gasteiger charge is -2.16. The van der Waals surface area contributed by atoms with E-state index in [2.05, 4.69) is 5.32 Å². The molecule has 1 saturated carbocycles. The summed E-state index contributed by atoms with van der Waals surface area (Å²) in [7, 11) is 0. The van der Waals surface area contributed by atoms with Crippen LogP contribution in [0, 0.1) is 17.8 Å². The molecule has 4 nitrogen and oxygen atoms in total. The van der Waals surface area contributed by atoms with Crippen molar-refractivity contribution in [2.24, 2.45) is 17.8 Å². The van der Waals surface area contributed by atoms with Crippen LogP contribution in [0.25, 0.3) is 0 Å². The first-order valence-corrected chi connectivity index (χ1v) is 7.33. The highest BCUT2D eigenvalue weighted by atomic mass is 16.2. The van der Waals surface area contributed by atoms with Crippen molar-refractivity contribution in [1.82, 2.24) is 10.2 Å². The Hall–Kier alpha value is -0.900. The second-order valence-corrected chi connectivity index (χ2v) is 5.97. The third-order valence-electron chi connectivity index (χ3n) is 4.84. The molecule has 0 bridgehead atoms. The molecule has 0 spiro atoms. The van der Waals surface area contributed by atoms with E-state index in [-0.39, 0.29) is 23.7 Å². The van der Waals surface area contributed by atoms with Gasteiger partial charge in [0.15, 0.2) is 0 Å². The first kappa shape index (κ1) is 12.2. The molecule has 1 N–H and O–H groups in total. The van der Waals surface area contributed by atoms with E-state index in [4.69, 9.17) is 0 Å². The Morgan fingerprint density at radius 1 is 1.11 bits per heavy atom. The van der Waals surface area contributed by atoms with Gasteiger partial charge in [0.05, 0.1) is 11.8 Å². The number of carbonyl (C=O) groups is 2. The van der Waals surface area contributed by atoms with Crippen LogP contribution in [-0.4, -0.2) is 36.3 Å². The van der Waals surface area contributed by atoms with Crippen molar-refractivity contribution in [3.05, 3.63) is 0 Å². The molecule has 2 heterocycles. The van der Waals surface area contributed by atoms with E-state index in [1.54, 1.807) is 4.90 Å². The molecular formula is C14H22N2O2. The van der Waals surface area contributed by atoms with E-state index in [1.165, 1.54) is 6.42 Å². The Morgan fingerprint density at radius 3 is 2.44 bits per heavy atom. The van der Waals surface area contributed by atoms with Crippen molar-refractivity contribution >= 4 is 11.8 Å². The standard InChI is InChI=1S/C14H22N2O2/c17-13-11-4-1-5-12(11)14(18)16(13)8-2-3-10-6-7-15-9-10/h10-12,15H,1-9H2. The summed E-state index contributed by atoms with van der Waals surface area (Å²) in [5.74, 6) is 1.05. The highest BCUT2D eigenvalue weighted by Crippen LogP contribution is 2.39. The minimum atomic E-state index is 0.0330. The minimum Gasteiger partial charge on any atom is -0.316 e. The number of fused-ring (bicyclic) bond motifs is 1. The van der Waals surface area contributed by atoms with Gasteiger partial charge < -0.3 is 5.32 Å². The zero-order chi connectivity index (χ0) is 12.5. The van der Waals surface area contributed by atoms with Crippen LogP contribution in [0.5, 0.6) is 0 Å². The van der Waals surface area contributed by atoms with Crippen molar-refractivity contribution in [3.63, 3.8) is 0 Å². The second-order valence-electron chi connectivity index (χ2n) is 5.97. The fraction of sp³-hybridized carbons (Fsp3) is 0.857. The number of hydrogen-bond donors (Lipinski definition) is 1. The first-order chi connectivity index (χ1) is 8.77. The van der Waals surface area contributed by atoms with Gasteiger partial charge in [0, 0.05) is 6.54 Å². The zero-order valence-corrected chi connectivity index (χ0v) is 10.9. The predicted octanol–water partition coefficient (Wildman–Crippen LogP) is 1.16. The number of amides is 2. The summed E-state index contributed by atoms with van der Waals surface area (Å²) in [5, 5.41) is 3.35. The van der Waals surface area contributed by atoms with Gasteiger partial charge >= 0.3 is 0 Å². The first-order valence-electron chi connectivity index (χ1n) is 7.33. The van der Waals surface area contributed by atoms with Crippen molar-refractivity contribution in [1.29, 1.82) is 0 Å². The largest absolute Gasteiger partial charge is 0.316 e. The third kappa shape index (κ3) is 2.07. The van der Waals surface area contributed by atoms with Crippen molar-refractivity contribution in [2.75, 3.05) is 19.6 Å². The SMILES string of the molecule is O=C1C2CCCC2C(=O)N1CCCC1CCNC1. The van der Waals surface area contributed by atoms with Crippen molar-refractivity contribution in [3.8, 4) is 0 Å². The maximum atomic E-state index is 12.1. The van der Waals surface area contributed by atoms with Gasteiger partial charge in [-0.25, -0.2) is 0 Å². The summed E-state index contributed by atoms with van der Waals surface area (Å²) in [6.07, 6.45) is 6.26. The summed E-state index contributed by atoms with van der Waals surface area (Å²) in [5.41, 5.74) is 0. The Balaban J connectivity index is 1.50. The lowest BCUT2D eigenvalue weighted by atomic mass is 10.00. The normalized spacial score (nSPS) is 35.6. The lowest BCUT2D eigenvalue weighted by molar-refractivity contribution is -0.140. The molecule has 3 atom stereocenters. The number of nitrogens with one attached hydrogen (secondary N) is 1. The van der Waals surface area contributed by atoms with Crippen LogP contribution in [0.2, 0.25) is 0 Å². The Labute approximate surface area is 108 Å². The summed E-state index contributed by atoms with van der Waals surface area (Å²) < 4.78 is 0. The number of hydrogen-bond acceptors (Lipinski definition) is 3. The summed E-state index contributed by atoms with van der Waals surface area (Å²) in [6, 6.07) is 0. The van der Waals surface area contributed by atoms with Crippen LogP contribution >= 0.6 is 0 Å². The van der Waals surface area contributed by atoms with Crippen LogP contribution < -0.4 is 5.32 Å². The molecule has 0 aromatic rings. The van der Waals surface area contributed by atoms with Gasteiger partial charge in [0.25, 0.3) is 0 Å². The molecule has 2 saturated heterocycles. The van der Waals surface area contributed by atoms with E-state index in [0.717, 1.165) is 51.1 Å². The number of carbonyl (C=O) groups excluding carboxylic acids is 2. The maximum Gasteiger partial charge on any atom is 0.233 e. The number of imide groups is 1. The monoisotopic (exact) mass is 250 g/mol. The average Bonchev–Trinajstić information content (AvgIpc) is 3.06. The molecule has 0 aromatic carbocycles. The molecule has 2 aliphatic heterocycles. The van der Waals surface area contributed by atoms with Crippen molar-refractivity contribution < 1.29 is 9.59 Å². The summed E-state index contributed by atoms with van der Waals surface area (Å²) >= 11 is 0. The number of nitrogens with zero attached hydrogens (tertiary/aromatic N) is 1. The van der Waals surface area contributed by atoms with Crippen LogP contribution in [0.3, 0.4) is 0 Å². The van der Waals surface area contributed by atoms with Crippen LogP contribution in [0.4, 0.5) is 0 Å². The smallest absolute Gasteiger partial charge is 0.233 e. The predicted molar refractivity (Wildman–Crippen MR) is 67.8 cm³/mol. The van der Waals surface area contributed by atoms with Gasteiger partial charge in [-0.15, -0.1) is 0 Å². The fourth-order valence-corrected chi connectivity index (χ4v) is 3.78. The van der Waals surface area contributed by atoms with E-state index < -0.39 is 0 Å². The molecule has 2 amide bonds. The Kier molecular flexibility index (Phi) is 3.37. The highest BCUT2D eigenvalue weighted by molar-refractivity contribution is 6.05. The number of likely N-dealkylation sites (tertiary alicyclic amines) is 1. The van der Waals surface area contributed by atoms with Crippen LogP contribution in [0.1, 0.15) is 38.5 Å². The van der Waals surface area contributed by atoms with Gasteiger partial charge in [-0.3, -0.25) is 14.5 Å². The Morgan fingerprint density at radius 2 is 1.83 bits per heavy atom. The molecule has 0 aromatic heterocycles. The van der Waals surface area contributed by atoms with Crippen LogP contribution in [-0.2, 0) is 9.59 Å². The topological polar surface area (TPSA) is 49.4 Å². The fourth-order valence-electron chi connectivity index (χ4n) is 3.78. The van der Waals surface area contributed by atoms with Gasteiger partial charge in [0.2, 0.25) is 11.8 Å². The van der Waals surface area contributed by atoms with Crippen LogP contribution in [0.15, 0.2) is 0 Å². The molecular weight excluding hydrogens is 228 g/mol. The molecule has 18 heavy (non-hydrogen) atoms. The second kappa shape index (κ2) is 5.00. The average molecular weight is 250 g/mol. The molecule has 3 fully saturated rings. The van der Waals surface area contributed by atoms with E-state index in [9.17, 15) is 9.59 Å². The molecule has 4 heteroatoms. The minimum absolute atomic E-state index is 0.0330. The quantitative estimate of drug-likeness (QED) is 0.762. The highest BCUT2D eigenvalue weighted by Gasteiger charge is 2.49. The zero-order valence-electron chi connectivity index (χ0n) is 10.9. The van der Waals surface area contributed by atoms with E-state index in [1.807, 2.05) is 0 Å². The van der Waals surface area contributed by atoms with Gasteiger partial charge in [-0.2, -0.15) is 0 Å². The van der Waals surface area contributed by atoms with E-state index in [0.29, 0.717) is 6.54 Å². The Bertz CT molecular complexity index is 328. The molecule has 3 unspecified atom stereocenters. The van der Waals surface area contributed by atoms with Gasteiger partial charge in [0.1, 0.15) is 0 Å².